The predicted octanol–water partition coefficient (Wildman–Crippen LogP) is 11.6. The molecule has 0 saturated carbocycles. The molecule has 0 unspecified atom stereocenters. The first-order valence-electron chi connectivity index (χ1n) is 15.0. The van der Waals surface area contributed by atoms with E-state index < -0.39 is 0 Å². The van der Waals surface area contributed by atoms with Gasteiger partial charge in [-0.15, -0.1) is 22.7 Å². The van der Waals surface area contributed by atoms with Gasteiger partial charge >= 0.3 is 0 Å². The second-order valence-electron chi connectivity index (χ2n) is 11.4. The maximum absolute atomic E-state index is 5.38. The van der Waals surface area contributed by atoms with Crippen molar-refractivity contribution in [2.24, 2.45) is 0 Å². The van der Waals surface area contributed by atoms with Crippen LogP contribution in [0.25, 0.3) is 90.6 Å². The Kier molecular flexibility index (Phi) is 5.32. The lowest BCUT2D eigenvalue weighted by molar-refractivity contribution is 0.996. The highest BCUT2D eigenvalue weighted by atomic mass is 32.1. The summed E-state index contributed by atoms with van der Waals surface area (Å²) < 4.78 is 7.40. The van der Waals surface area contributed by atoms with Crippen molar-refractivity contribution in [2.45, 2.75) is 0 Å². The van der Waals surface area contributed by atoms with Gasteiger partial charge < -0.3 is 0 Å². The number of para-hydroxylation sites is 1. The largest absolute Gasteiger partial charge is 0.278 e. The van der Waals surface area contributed by atoms with Crippen molar-refractivity contribution in [3.63, 3.8) is 0 Å². The van der Waals surface area contributed by atoms with Crippen LogP contribution < -0.4 is 0 Å². The molecule has 0 amide bonds. The van der Waals surface area contributed by atoms with Crippen molar-refractivity contribution in [1.82, 2.24) is 14.5 Å². The van der Waals surface area contributed by atoms with Crippen molar-refractivity contribution in [3.8, 4) is 28.5 Å². The number of nitrogens with zero attached hydrogens (tertiary/aromatic N) is 3. The van der Waals surface area contributed by atoms with Crippen molar-refractivity contribution in [3.05, 3.63) is 140 Å². The molecule has 4 aromatic heterocycles. The molecule has 10 rings (SSSR count). The van der Waals surface area contributed by atoms with Crippen LogP contribution in [-0.2, 0) is 0 Å². The quantitative estimate of drug-likeness (QED) is 0.199. The fourth-order valence-electron chi connectivity index (χ4n) is 6.83. The second-order valence-corrected chi connectivity index (χ2v) is 13.5. The zero-order valence-electron chi connectivity index (χ0n) is 23.9. The summed E-state index contributed by atoms with van der Waals surface area (Å²) >= 11 is 3.70. The third-order valence-electron chi connectivity index (χ3n) is 8.84. The Morgan fingerprint density at radius 2 is 1.07 bits per heavy atom. The fraction of sp³-hybridized carbons (Fsp3) is 0. The Bertz CT molecular complexity index is 2770. The summed E-state index contributed by atoms with van der Waals surface area (Å²) in [7, 11) is 0. The lowest BCUT2D eigenvalue weighted by Crippen LogP contribution is -2.04. The number of fused-ring (bicyclic) bond motifs is 10. The molecule has 0 saturated heterocycles. The van der Waals surface area contributed by atoms with E-state index in [0.717, 1.165) is 33.5 Å². The van der Waals surface area contributed by atoms with E-state index in [2.05, 4.69) is 138 Å². The van der Waals surface area contributed by atoms with E-state index in [1.165, 1.54) is 51.1 Å². The maximum Gasteiger partial charge on any atom is 0.235 e. The van der Waals surface area contributed by atoms with Crippen LogP contribution in [0.1, 0.15) is 0 Å². The van der Waals surface area contributed by atoms with Crippen molar-refractivity contribution in [2.75, 3.05) is 0 Å². The number of aromatic nitrogens is 3. The van der Waals surface area contributed by atoms with E-state index in [1.54, 1.807) is 0 Å². The SMILES string of the molecule is c1ccc(-c2cc(-c3cccc4c3sc3ccccc34)nc(-n3c4ccccc4c4c5sc6ccccc6c5ccc43)n2)cc1. The van der Waals surface area contributed by atoms with Crippen LogP contribution in [0.5, 0.6) is 0 Å². The molecule has 0 bridgehead atoms. The van der Waals surface area contributed by atoms with Crippen LogP contribution in [0.3, 0.4) is 0 Å². The highest BCUT2D eigenvalue weighted by Crippen LogP contribution is 2.44. The third kappa shape index (κ3) is 3.69. The molecule has 0 aliphatic heterocycles. The van der Waals surface area contributed by atoms with Crippen LogP contribution in [-0.4, -0.2) is 14.5 Å². The van der Waals surface area contributed by atoms with Gasteiger partial charge in [-0.05, 0) is 30.3 Å². The minimum Gasteiger partial charge on any atom is -0.278 e. The van der Waals surface area contributed by atoms with Crippen LogP contribution in [0, 0.1) is 0 Å². The zero-order chi connectivity index (χ0) is 29.5. The molecule has 10 aromatic rings. The van der Waals surface area contributed by atoms with Gasteiger partial charge in [0.25, 0.3) is 0 Å². The molecule has 45 heavy (non-hydrogen) atoms. The molecular formula is C40H23N3S2. The van der Waals surface area contributed by atoms with E-state index in [1.807, 2.05) is 28.7 Å². The summed E-state index contributed by atoms with van der Waals surface area (Å²) in [5.74, 6) is 0.677. The van der Waals surface area contributed by atoms with Crippen LogP contribution in [0.4, 0.5) is 0 Å². The second kappa shape index (κ2) is 9.57. The summed E-state index contributed by atoms with van der Waals surface area (Å²) in [6, 6.07) is 49.7. The van der Waals surface area contributed by atoms with Crippen LogP contribution >= 0.6 is 22.7 Å². The van der Waals surface area contributed by atoms with E-state index in [9.17, 15) is 0 Å². The maximum atomic E-state index is 5.38. The molecule has 0 aliphatic carbocycles. The Morgan fingerprint density at radius 3 is 1.87 bits per heavy atom. The molecule has 4 heterocycles. The Balaban J connectivity index is 1.31. The van der Waals surface area contributed by atoms with Gasteiger partial charge in [0.05, 0.1) is 22.4 Å². The average molecular weight is 610 g/mol. The van der Waals surface area contributed by atoms with Crippen LogP contribution in [0.15, 0.2) is 140 Å². The normalized spacial score (nSPS) is 12.0. The van der Waals surface area contributed by atoms with E-state index in [0.29, 0.717) is 5.95 Å². The zero-order valence-corrected chi connectivity index (χ0v) is 25.6. The van der Waals surface area contributed by atoms with Crippen molar-refractivity contribution >= 4 is 84.8 Å². The van der Waals surface area contributed by atoms with Gasteiger partial charge in [-0.2, -0.15) is 0 Å². The Hall–Kier alpha value is -5.36. The minimum absolute atomic E-state index is 0.677. The molecular weight excluding hydrogens is 587 g/mol. The van der Waals surface area contributed by atoms with Gasteiger partial charge in [-0.3, -0.25) is 4.57 Å². The third-order valence-corrected chi connectivity index (χ3v) is 11.3. The van der Waals surface area contributed by atoms with Gasteiger partial charge in [-0.1, -0.05) is 109 Å². The summed E-state index contributed by atoms with van der Waals surface area (Å²) in [6.45, 7) is 0. The van der Waals surface area contributed by atoms with E-state index >= 15 is 0 Å². The molecule has 0 aliphatic rings. The molecule has 0 N–H and O–H groups in total. The summed E-state index contributed by atoms with van der Waals surface area (Å²) in [5.41, 5.74) is 6.24. The fourth-order valence-corrected chi connectivity index (χ4v) is 9.31. The first kappa shape index (κ1) is 25.0. The number of benzene rings is 6. The lowest BCUT2D eigenvalue weighted by atomic mass is 10.0. The van der Waals surface area contributed by atoms with E-state index in [4.69, 9.17) is 9.97 Å². The average Bonchev–Trinajstić information content (AvgIpc) is 3.78. The smallest absolute Gasteiger partial charge is 0.235 e. The van der Waals surface area contributed by atoms with Gasteiger partial charge in [-0.25, -0.2) is 9.97 Å². The number of thiophene rings is 2. The number of hydrogen-bond acceptors (Lipinski definition) is 4. The monoisotopic (exact) mass is 609 g/mol. The molecule has 3 nitrogen and oxygen atoms in total. The Labute approximate surface area is 266 Å². The standard InChI is InChI=1S/C40H23N3S2/c1-2-11-24(12-3-1)31-23-32(29-17-10-16-27-25-13-5-8-19-35(25)44-38(27)29)42-40(41-31)43-33-18-7-4-15-30(33)37-34(43)22-21-28-26-14-6-9-20-36(26)45-39(28)37/h1-23H. The van der Waals surface area contributed by atoms with E-state index in [-0.39, 0.29) is 0 Å². The van der Waals surface area contributed by atoms with Crippen molar-refractivity contribution < 1.29 is 0 Å². The first-order valence-corrected chi connectivity index (χ1v) is 16.6. The van der Waals surface area contributed by atoms with Crippen molar-refractivity contribution in [1.29, 1.82) is 0 Å². The topological polar surface area (TPSA) is 30.7 Å². The number of rotatable bonds is 3. The molecule has 0 fully saturated rings. The molecule has 5 heteroatoms. The minimum atomic E-state index is 0.677. The lowest BCUT2D eigenvalue weighted by Gasteiger charge is -2.12. The summed E-state index contributed by atoms with van der Waals surface area (Å²) in [4.78, 5) is 10.7. The predicted molar refractivity (Wildman–Crippen MR) is 193 cm³/mol. The van der Waals surface area contributed by atoms with Crippen LogP contribution in [0.2, 0.25) is 0 Å². The molecule has 0 spiro atoms. The molecule has 210 valence electrons. The summed E-state index contributed by atoms with van der Waals surface area (Å²) in [5, 5.41) is 7.61. The van der Waals surface area contributed by atoms with Gasteiger partial charge in [0, 0.05) is 62.2 Å². The van der Waals surface area contributed by atoms with Gasteiger partial charge in [0.15, 0.2) is 0 Å². The molecule has 0 atom stereocenters. The highest BCUT2D eigenvalue weighted by Gasteiger charge is 2.21. The highest BCUT2D eigenvalue weighted by molar-refractivity contribution is 7.27. The number of hydrogen-bond donors (Lipinski definition) is 0. The van der Waals surface area contributed by atoms with Gasteiger partial charge in [0.2, 0.25) is 5.95 Å². The summed E-state index contributed by atoms with van der Waals surface area (Å²) in [6.07, 6.45) is 0. The Morgan fingerprint density at radius 1 is 0.444 bits per heavy atom. The first-order chi connectivity index (χ1) is 22.3. The van der Waals surface area contributed by atoms with Gasteiger partial charge in [0.1, 0.15) is 0 Å². The molecule has 0 radical (unpaired) electrons. The molecule has 6 aromatic carbocycles.